The Morgan fingerprint density at radius 1 is 1.15 bits per heavy atom. The van der Waals surface area contributed by atoms with Crippen LogP contribution < -0.4 is 14.8 Å². The summed E-state index contributed by atoms with van der Waals surface area (Å²) >= 11 is 0. The molecular formula is C18H15F2NO5. The second-order valence-electron chi connectivity index (χ2n) is 5.60. The van der Waals surface area contributed by atoms with Gasteiger partial charge in [0.2, 0.25) is 6.79 Å². The molecule has 1 heterocycles. The molecule has 1 atom stereocenters. The van der Waals surface area contributed by atoms with Crippen molar-refractivity contribution in [1.82, 2.24) is 5.32 Å². The number of carbonyl (C=O) groups is 2. The van der Waals surface area contributed by atoms with Crippen LogP contribution in [0.25, 0.3) is 0 Å². The van der Waals surface area contributed by atoms with Crippen molar-refractivity contribution in [3.05, 3.63) is 59.2 Å². The lowest BCUT2D eigenvalue weighted by Gasteiger charge is -2.15. The molecule has 0 aromatic heterocycles. The number of halogens is 2. The maximum atomic E-state index is 13.7. The van der Waals surface area contributed by atoms with Crippen molar-refractivity contribution in [2.45, 2.75) is 13.0 Å². The summed E-state index contributed by atoms with van der Waals surface area (Å²) in [5.41, 5.74) is 0.335. The Kier molecular flexibility index (Phi) is 5.01. The first kappa shape index (κ1) is 17.7. The highest BCUT2D eigenvalue weighted by molar-refractivity contribution is 5.92. The molecule has 0 bridgehead atoms. The van der Waals surface area contributed by atoms with E-state index < -0.39 is 36.2 Å². The Bertz CT molecular complexity index is 855. The van der Waals surface area contributed by atoms with Crippen LogP contribution in [-0.2, 0) is 9.53 Å². The van der Waals surface area contributed by atoms with Gasteiger partial charge in [0, 0.05) is 11.6 Å². The van der Waals surface area contributed by atoms with Crippen molar-refractivity contribution < 1.29 is 32.6 Å². The number of hydrogen-bond donors (Lipinski definition) is 1. The van der Waals surface area contributed by atoms with Gasteiger partial charge < -0.3 is 19.5 Å². The molecule has 0 unspecified atom stereocenters. The summed E-state index contributed by atoms with van der Waals surface area (Å²) in [6.45, 7) is 1.07. The zero-order valence-corrected chi connectivity index (χ0v) is 13.8. The zero-order valence-electron chi connectivity index (χ0n) is 13.8. The van der Waals surface area contributed by atoms with Gasteiger partial charge in [0.25, 0.3) is 5.91 Å². The molecule has 0 spiro atoms. The number of fused-ring (bicyclic) bond motifs is 1. The molecule has 0 saturated heterocycles. The molecule has 1 amide bonds. The molecule has 3 rings (SSSR count). The monoisotopic (exact) mass is 363 g/mol. The summed E-state index contributed by atoms with van der Waals surface area (Å²) in [6.07, 6.45) is 0. The molecular weight excluding hydrogens is 348 g/mol. The summed E-state index contributed by atoms with van der Waals surface area (Å²) < 4.78 is 41.9. The molecule has 6 nitrogen and oxygen atoms in total. The lowest BCUT2D eigenvalue weighted by molar-refractivity contribution is -0.124. The maximum absolute atomic E-state index is 13.7. The molecule has 2 aromatic carbocycles. The van der Waals surface area contributed by atoms with E-state index in [0.29, 0.717) is 11.5 Å². The number of rotatable bonds is 5. The van der Waals surface area contributed by atoms with Crippen molar-refractivity contribution in [1.29, 1.82) is 0 Å². The Labute approximate surface area is 147 Å². The molecule has 0 fully saturated rings. The van der Waals surface area contributed by atoms with Crippen molar-refractivity contribution >= 4 is 11.9 Å². The summed E-state index contributed by atoms with van der Waals surface area (Å²) in [7, 11) is 0. The minimum Gasteiger partial charge on any atom is -0.454 e. The number of ether oxygens (including phenoxy) is 3. The third-order valence-electron chi connectivity index (χ3n) is 3.75. The molecule has 1 N–H and O–H groups in total. The third kappa shape index (κ3) is 3.90. The molecule has 0 aliphatic carbocycles. The number of carbonyl (C=O) groups excluding carboxylic acids is 2. The fourth-order valence-electron chi connectivity index (χ4n) is 2.45. The van der Waals surface area contributed by atoms with Crippen LogP contribution in [0.15, 0.2) is 36.4 Å². The van der Waals surface area contributed by atoms with Crippen LogP contribution in [0.4, 0.5) is 8.78 Å². The average Bonchev–Trinajstić information content (AvgIpc) is 3.07. The van der Waals surface area contributed by atoms with Gasteiger partial charge in [-0.25, -0.2) is 13.6 Å². The molecule has 1 aliphatic rings. The van der Waals surface area contributed by atoms with Gasteiger partial charge in [-0.05, 0) is 31.2 Å². The summed E-state index contributed by atoms with van der Waals surface area (Å²) in [6, 6.07) is 6.88. The highest BCUT2D eigenvalue weighted by atomic mass is 19.1. The van der Waals surface area contributed by atoms with Gasteiger partial charge in [-0.2, -0.15) is 0 Å². The molecule has 26 heavy (non-hydrogen) atoms. The number of amides is 1. The van der Waals surface area contributed by atoms with Crippen LogP contribution in [0.5, 0.6) is 11.5 Å². The second-order valence-corrected chi connectivity index (χ2v) is 5.60. The van der Waals surface area contributed by atoms with E-state index in [9.17, 15) is 18.4 Å². The van der Waals surface area contributed by atoms with Gasteiger partial charge >= 0.3 is 5.97 Å². The molecule has 136 valence electrons. The Hall–Kier alpha value is -3.16. The summed E-state index contributed by atoms with van der Waals surface area (Å²) in [5.74, 6) is -1.86. The first-order valence-electron chi connectivity index (χ1n) is 7.75. The summed E-state index contributed by atoms with van der Waals surface area (Å²) in [4.78, 5) is 23.9. The van der Waals surface area contributed by atoms with Gasteiger partial charge in [-0.15, -0.1) is 0 Å². The van der Waals surface area contributed by atoms with Gasteiger partial charge in [-0.1, -0.05) is 6.07 Å². The lowest BCUT2D eigenvalue weighted by atomic mass is 10.1. The maximum Gasteiger partial charge on any atom is 0.338 e. The van der Waals surface area contributed by atoms with E-state index >= 15 is 0 Å². The SMILES string of the molecule is C[C@@H](NC(=O)COC(=O)c1ccc2c(c1)OCO2)c1ccc(F)cc1F. The van der Waals surface area contributed by atoms with Crippen molar-refractivity contribution in [2.75, 3.05) is 13.4 Å². The van der Waals surface area contributed by atoms with E-state index in [1.165, 1.54) is 25.1 Å². The highest BCUT2D eigenvalue weighted by Crippen LogP contribution is 2.32. The molecule has 2 aromatic rings. The summed E-state index contributed by atoms with van der Waals surface area (Å²) in [5, 5.41) is 2.48. The average molecular weight is 363 g/mol. The van der Waals surface area contributed by atoms with Crippen molar-refractivity contribution in [2.24, 2.45) is 0 Å². The van der Waals surface area contributed by atoms with Crippen LogP contribution in [0, 0.1) is 11.6 Å². The number of esters is 1. The van der Waals surface area contributed by atoms with Crippen LogP contribution in [0.1, 0.15) is 28.9 Å². The molecule has 0 saturated carbocycles. The van der Waals surface area contributed by atoms with E-state index in [2.05, 4.69) is 5.32 Å². The van der Waals surface area contributed by atoms with Gasteiger partial charge in [0.05, 0.1) is 11.6 Å². The molecule has 0 radical (unpaired) electrons. The first-order chi connectivity index (χ1) is 12.4. The largest absolute Gasteiger partial charge is 0.454 e. The van der Waals surface area contributed by atoms with Crippen LogP contribution >= 0.6 is 0 Å². The zero-order chi connectivity index (χ0) is 18.7. The van der Waals surface area contributed by atoms with Crippen molar-refractivity contribution in [3.8, 4) is 11.5 Å². The van der Waals surface area contributed by atoms with E-state index in [1.807, 2.05) is 0 Å². The Morgan fingerprint density at radius 3 is 2.69 bits per heavy atom. The van der Waals surface area contributed by atoms with Crippen molar-refractivity contribution in [3.63, 3.8) is 0 Å². The van der Waals surface area contributed by atoms with E-state index in [-0.39, 0.29) is 17.9 Å². The lowest BCUT2D eigenvalue weighted by Crippen LogP contribution is -2.31. The molecule has 8 heteroatoms. The topological polar surface area (TPSA) is 73.9 Å². The standard InChI is InChI=1S/C18H15F2NO5/c1-10(13-4-3-12(19)7-14(13)20)21-17(22)8-24-18(23)11-2-5-15-16(6-11)26-9-25-15/h2-7,10H,8-9H2,1H3,(H,21,22)/t10-/m1/s1. The minimum atomic E-state index is -0.768. The van der Waals surface area contributed by atoms with Crippen LogP contribution in [0.2, 0.25) is 0 Å². The Morgan fingerprint density at radius 2 is 1.92 bits per heavy atom. The van der Waals surface area contributed by atoms with E-state index in [0.717, 1.165) is 12.1 Å². The fourth-order valence-corrected chi connectivity index (χ4v) is 2.45. The fraction of sp³-hybridized carbons (Fsp3) is 0.222. The van der Waals surface area contributed by atoms with Gasteiger partial charge in [0.15, 0.2) is 18.1 Å². The smallest absolute Gasteiger partial charge is 0.338 e. The third-order valence-corrected chi connectivity index (χ3v) is 3.75. The predicted octanol–water partition coefficient (Wildman–Crippen LogP) is 2.73. The van der Waals surface area contributed by atoms with Crippen LogP contribution in [0.3, 0.4) is 0 Å². The quantitative estimate of drug-likeness (QED) is 0.827. The Balaban J connectivity index is 1.54. The minimum absolute atomic E-state index is 0.0775. The number of benzene rings is 2. The first-order valence-corrected chi connectivity index (χ1v) is 7.75. The predicted molar refractivity (Wildman–Crippen MR) is 85.8 cm³/mol. The second kappa shape index (κ2) is 7.38. The number of hydrogen-bond acceptors (Lipinski definition) is 5. The normalized spacial score (nSPS) is 13.2. The van der Waals surface area contributed by atoms with E-state index in [4.69, 9.17) is 14.2 Å². The highest BCUT2D eigenvalue weighted by Gasteiger charge is 2.19. The van der Waals surface area contributed by atoms with Gasteiger partial charge in [-0.3, -0.25) is 4.79 Å². The van der Waals surface area contributed by atoms with Crippen LogP contribution in [-0.4, -0.2) is 25.3 Å². The van der Waals surface area contributed by atoms with E-state index in [1.54, 1.807) is 6.07 Å². The molecule has 1 aliphatic heterocycles. The van der Waals surface area contributed by atoms with Gasteiger partial charge in [0.1, 0.15) is 11.6 Å². The number of nitrogens with one attached hydrogen (secondary N) is 1.